The van der Waals surface area contributed by atoms with E-state index >= 15 is 0 Å². The number of hydrogen-bond acceptors (Lipinski definition) is 2. The summed E-state index contributed by atoms with van der Waals surface area (Å²) >= 11 is 5.89. The number of benzene rings is 1. The molecule has 0 aliphatic heterocycles. The van der Waals surface area contributed by atoms with E-state index in [2.05, 4.69) is 10.2 Å². The number of carbonyl (C=O) groups is 1. The number of hydrogen-bond donors (Lipinski definition) is 1. The lowest BCUT2D eigenvalue weighted by molar-refractivity contribution is 0.112. The van der Waals surface area contributed by atoms with Gasteiger partial charge >= 0.3 is 0 Å². The van der Waals surface area contributed by atoms with Gasteiger partial charge in [0.2, 0.25) is 0 Å². The second-order valence-electron chi connectivity index (χ2n) is 2.40. The zero-order valence-corrected chi connectivity index (χ0v) is 6.80. The van der Waals surface area contributed by atoms with E-state index in [1.165, 1.54) is 0 Å². The maximum absolute atomic E-state index is 10.5. The number of rotatable bonds is 1. The molecule has 4 heteroatoms. The van der Waals surface area contributed by atoms with Crippen molar-refractivity contribution < 1.29 is 4.79 Å². The Morgan fingerprint density at radius 3 is 3.08 bits per heavy atom. The standard InChI is InChI=1S/C8H5ClN2O/c9-8-5(4-12)1-2-7-6(8)3-10-11-7/h1-4H,(H,10,11). The molecule has 0 atom stereocenters. The monoisotopic (exact) mass is 180 g/mol. The zero-order valence-electron chi connectivity index (χ0n) is 6.04. The summed E-state index contributed by atoms with van der Waals surface area (Å²) in [6.45, 7) is 0. The number of nitrogens with one attached hydrogen (secondary N) is 1. The minimum absolute atomic E-state index is 0.455. The van der Waals surface area contributed by atoms with E-state index in [0.29, 0.717) is 10.6 Å². The molecule has 3 nitrogen and oxygen atoms in total. The Labute approximate surface area is 73.3 Å². The number of nitrogens with zero attached hydrogens (tertiary/aromatic N) is 1. The SMILES string of the molecule is O=Cc1ccc2n[nH]cc2c1Cl. The van der Waals surface area contributed by atoms with Crippen LogP contribution in [0.4, 0.5) is 0 Å². The molecule has 0 spiro atoms. The van der Waals surface area contributed by atoms with Gasteiger partial charge in [-0.2, -0.15) is 5.10 Å². The van der Waals surface area contributed by atoms with Crippen molar-refractivity contribution in [1.29, 1.82) is 0 Å². The Kier molecular flexibility index (Phi) is 1.59. The lowest BCUT2D eigenvalue weighted by atomic mass is 10.2. The first-order chi connectivity index (χ1) is 5.83. The predicted octanol–water partition coefficient (Wildman–Crippen LogP) is 2.03. The largest absolute Gasteiger partial charge is 0.298 e. The van der Waals surface area contributed by atoms with Crippen LogP contribution in [0.15, 0.2) is 18.3 Å². The quantitative estimate of drug-likeness (QED) is 0.683. The van der Waals surface area contributed by atoms with Crippen LogP contribution in [0.3, 0.4) is 0 Å². The van der Waals surface area contributed by atoms with Gasteiger partial charge in [0.15, 0.2) is 6.29 Å². The molecule has 1 heterocycles. The molecule has 1 N–H and O–H groups in total. The summed E-state index contributed by atoms with van der Waals surface area (Å²) in [7, 11) is 0. The van der Waals surface area contributed by atoms with Gasteiger partial charge in [-0.1, -0.05) is 11.6 Å². The molecule has 0 aliphatic rings. The van der Waals surface area contributed by atoms with Gasteiger partial charge in [-0.15, -0.1) is 0 Å². The highest BCUT2D eigenvalue weighted by molar-refractivity contribution is 6.37. The van der Waals surface area contributed by atoms with Crippen LogP contribution in [0.25, 0.3) is 10.9 Å². The van der Waals surface area contributed by atoms with Gasteiger partial charge in [-0.25, -0.2) is 0 Å². The molecule has 1 aromatic heterocycles. The molecular weight excluding hydrogens is 176 g/mol. The third-order valence-corrected chi connectivity index (χ3v) is 2.13. The average Bonchev–Trinajstić information content (AvgIpc) is 2.53. The topological polar surface area (TPSA) is 45.8 Å². The van der Waals surface area contributed by atoms with Crippen LogP contribution >= 0.6 is 11.6 Å². The highest BCUT2D eigenvalue weighted by Crippen LogP contribution is 2.24. The van der Waals surface area contributed by atoms with Crippen LogP contribution in [0, 0.1) is 0 Å². The van der Waals surface area contributed by atoms with Crippen LogP contribution in [0.2, 0.25) is 5.02 Å². The van der Waals surface area contributed by atoms with Crippen LogP contribution in [-0.2, 0) is 0 Å². The Morgan fingerprint density at radius 2 is 2.33 bits per heavy atom. The van der Waals surface area contributed by atoms with Crippen LogP contribution in [-0.4, -0.2) is 16.5 Å². The third kappa shape index (κ3) is 0.905. The fraction of sp³-hybridized carbons (Fsp3) is 0. The van der Waals surface area contributed by atoms with Crippen molar-refractivity contribution in [2.45, 2.75) is 0 Å². The molecule has 2 rings (SSSR count). The minimum atomic E-state index is 0.455. The Balaban J connectivity index is 2.86. The summed E-state index contributed by atoms with van der Waals surface area (Å²) < 4.78 is 0. The van der Waals surface area contributed by atoms with E-state index in [0.717, 1.165) is 17.2 Å². The third-order valence-electron chi connectivity index (χ3n) is 1.71. The van der Waals surface area contributed by atoms with Crippen molar-refractivity contribution in [2.24, 2.45) is 0 Å². The molecule has 2 aromatic rings. The molecular formula is C8H5ClN2O. The summed E-state index contributed by atoms with van der Waals surface area (Å²) in [4.78, 5) is 10.5. The minimum Gasteiger partial charge on any atom is -0.298 e. The molecule has 60 valence electrons. The van der Waals surface area contributed by atoms with Gasteiger partial charge < -0.3 is 0 Å². The number of aldehydes is 1. The number of aromatic nitrogens is 2. The lowest BCUT2D eigenvalue weighted by Gasteiger charge is -1.94. The number of halogens is 1. The van der Waals surface area contributed by atoms with Crippen molar-refractivity contribution in [3.63, 3.8) is 0 Å². The highest BCUT2D eigenvalue weighted by atomic mass is 35.5. The Hall–Kier alpha value is -1.35. The maximum Gasteiger partial charge on any atom is 0.151 e. The maximum atomic E-state index is 10.5. The number of aromatic amines is 1. The zero-order chi connectivity index (χ0) is 8.55. The Bertz CT molecular complexity index is 436. The molecule has 0 saturated carbocycles. The summed E-state index contributed by atoms with van der Waals surface area (Å²) in [5.74, 6) is 0. The van der Waals surface area contributed by atoms with Crippen LogP contribution in [0.1, 0.15) is 10.4 Å². The molecule has 0 unspecified atom stereocenters. The van der Waals surface area contributed by atoms with Crippen molar-refractivity contribution in [3.8, 4) is 0 Å². The Morgan fingerprint density at radius 1 is 1.50 bits per heavy atom. The highest BCUT2D eigenvalue weighted by Gasteiger charge is 2.05. The van der Waals surface area contributed by atoms with Crippen molar-refractivity contribution >= 4 is 28.8 Å². The first-order valence-corrected chi connectivity index (χ1v) is 3.78. The van der Waals surface area contributed by atoms with E-state index in [4.69, 9.17) is 11.6 Å². The smallest absolute Gasteiger partial charge is 0.151 e. The fourth-order valence-corrected chi connectivity index (χ4v) is 1.35. The van der Waals surface area contributed by atoms with E-state index in [1.54, 1.807) is 18.3 Å². The summed E-state index contributed by atoms with van der Waals surface area (Å²) in [6.07, 6.45) is 2.40. The fourth-order valence-electron chi connectivity index (χ4n) is 1.09. The van der Waals surface area contributed by atoms with Gasteiger partial charge in [0.1, 0.15) is 0 Å². The molecule has 0 saturated heterocycles. The normalized spacial score (nSPS) is 10.4. The van der Waals surface area contributed by atoms with E-state index in [1.807, 2.05) is 0 Å². The van der Waals surface area contributed by atoms with Crippen LogP contribution < -0.4 is 0 Å². The first-order valence-electron chi connectivity index (χ1n) is 3.40. The van der Waals surface area contributed by atoms with Crippen molar-refractivity contribution in [2.75, 3.05) is 0 Å². The molecule has 0 fully saturated rings. The molecule has 0 aliphatic carbocycles. The van der Waals surface area contributed by atoms with Gasteiger partial charge in [0.05, 0.1) is 10.5 Å². The molecule has 0 radical (unpaired) electrons. The van der Waals surface area contributed by atoms with E-state index < -0.39 is 0 Å². The average molecular weight is 181 g/mol. The summed E-state index contributed by atoms with van der Waals surface area (Å²) in [6, 6.07) is 3.40. The van der Waals surface area contributed by atoms with Gasteiger partial charge in [-0.05, 0) is 12.1 Å². The van der Waals surface area contributed by atoms with Gasteiger partial charge in [0.25, 0.3) is 0 Å². The summed E-state index contributed by atoms with van der Waals surface area (Å²) in [5.41, 5.74) is 1.26. The summed E-state index contributed by atoms with van der Waals surface area (Å²) in [5, 5.41) is 7.84. The van der Waals surface area contributed by atoms with E-state index in [9.17, 15) is 4.79 Å². The van der Waals surface area contributed by atoms with Crippen molar-refractivity contribution in [3.05, 3.63) is 28.9 Å². The van der Waals surface area contributed by atoms with Crippen molar-refractivity contribution in [1.82, 2.24) is 10.2 Å². The first kappa shape index (κ1) is 7.31. The van der Waals surface area contributed by atoms with Gasteiger partial charge in [-0.3, -0.25) is 9.89 Å². The number of fused-ring (bicyclic) bond motifs is 1. The molecule has 12 heavy (non-hydrogen) atoms. The number of carbonyl (C=O) groups excluding carboxylic acids is 1. The molecule has 0 bridgehead atoms. The van der Waals surface area contributed by atoms with Gasteiger partial charge in [0, 0.05) is 17.1 Å². The predicted molar refractivity (Wildman–Crippen MR) is 46.5 cm³/mol. The second kappa shape index (κ2) is 2.60. The second-order valence-corrected chi connectivity index (χ2v) is 2.78. The molecule has 0 amide bonds. The molecule has 1 aromatic carbocycles. The lowest BCUT2D eigenvalue weighted by Crippen LogP contribution is -1.81. The van der Waals surface area contributed by atoms with Crippen LogP contribution in [0.5, 0.6) is 0 Å². The number of H-pyrrole nitrogens is 1. The van der Waals surface area contributed by atoms with E-state index in [-0.39, 0.29) is 0 Å².